The summed E-state index contributed by atoms with van der Waals surface area (Å²) in [4.78, 5) is 2.13. The van der Waals surface area contributed by atoms with Crippen LogP contribution in [-0.4, -0.2) is 38.7 Å². The van der Waals surface area contributed by atoms with Gasteiger partial charge in [0, 0.05) is 18.8 Å². The molecule has 2 rings (SSSR count). The Morgan fingerprint density at radius 3 is 2.48 bits per heavy atom. The van der Waals surface area contributed by atoms with Crippen molar-refractivity contribution < 1.29 is 4.74 Å². The van der Waals surface area contributed by atoms with Crippen molar-refractivity contribution in [1.29, 1.82) is 0 Å². The predicted octanol–water partition coefficient (Wildman–Crippen LogP) is 4.01. The number of anilines is 1. The Balaban J connectivity index is 1.64. The molecule has 0 amide bonds. The third kappa shape index (κ3) is 6.38. The van der Waals surface area contributed by atoms with Crippen molar-refractivity contribution in [2.75, 3.05) is 39.1 Å². The van der Waals surface area contributed by atoms with E-state index in [4.69, 9.17) is 4.74 Å². The number of hydrogen-bond acceptors (Lipinski definition) is 3. The van der Waals surface area contributed by atoms with Crippen LogP contribution in [0.4, 0.5) is 5.69 Å². The van der Waals surface area contributed by atoms with E-state index in [0.29, 0.717) is 0 Å². The average Bonchev–Trinajstić information content (AvgIpc) is 2.50. The van der Waals surface area contributed by atoms with Gasteiger partial charge < -0.3 is 15.0 Å². The molecule has 118 valence electrons. The van der Waals surface area contributed by atoms with E-state index in [9.17, 15) is 0 Å². The number of benzene rings is 1. The van der Waals surface area contributed by atoms with Gasteiger partial charge in [-0.1, -0.05) is 32.1 Å². The summed E-state index contributed by atoms with van der Waals surface area (Å²) in [6.07, 6.45) is 8.48. The summed E-state index contributed by atoms with van der Waals surface area (Å²) in [5.41, 5.74) is 1.20. The first-order valence-electron chi connectivity index (χ1n) is 8.35. The fourth-order valence-electron chi connectivity index (χ4n) is 2.91. The lowest BCUT2D eigenvalue weighted by Crippen LogP contribution is -2.19. The van der Waals surface area contributed by atoms with Crippen molar-refractivity contribution in [1.82, 2.24) is 4.90 Å². The molecule has 0 atom stereocenters. The zero-order valence-electron chi connectivity index (χ0n) is 13.6. The van der Waals surface area contributed by atoms with Gasteiger partial charge in [0.15, 0.2) is 0 Å². The maximum absolute atomic E-state index is 5.70. The van der Waals surface area contributed by atoms with Crippen molar-refractivity contribution in [2.45, 2.75) is 38.5 Å². The van der Waals surface area contributed by atoms with Gasteiger partial charge in [0.2, 0.25) is 0 Å². The highest BCUT2D eigenvalue weighted by molar-refractivity contribution is 5.46. The second-order valence-corrected chi connectivity index (χ2v) is 6.40. The van der Waals surface area contributed by atoms with Crippen molar-refractivity contribution in [2.24, 2.45) is 5.92 Å². The molecule has 1 saturated carbocycles. The third-order valence-corrected chi connectivity index (χ3v) is 4.27. The zero-order chi connectivity index (χ0) is 14.9. The fraction of sp³-hybridized carbons (Fsp3) is 0.667. The molecule has 1 aliphatic carbocycles. The Morgan fingerprint density at radius 2 is 1.81 bits per heavy atom. The lowest BCUT2D eigenvalue weighted by molar-refractivity contribution is 0.261. The average molecular weight is 290 g/mol. The number of rotatable bonds is 8. The van der Waals surface area contributed by atoms with Gasteiger partial charge in [0.25, 0.3) is 0 Å². The molecule has 0 heterocycles. The van der Waals surface area contributed by atoms with Crippen molar-refractivity contribution in [3.05, 3.63) is 24.3 Å². The first-order valence-corrected chi connectivity index (χ1v) is 8.35. The number of ether oxygens (including phenoxy) is 1. The van der Waals surface area contributed by atoms with Gasteiger partial charge in [0.05, 0.1) is 0 Å². The quantitative estimate of drug-likeness (QED) is 0.783. The van der Waals surface area contributed by atoms with E-state index in [2.05, 4.69) is 48.6 Å². The molecular formula is C18H30N2O. The van der Waals surface area contributed by atoms with E-state index in [1.54, 1.807) is 0 Å². The summed E-state index contributed by atoms with van der Waals surface area (Å²) >= 11 is 0. The maximum atomic E-state index is 5.70. The Kier molecular flexibility index (Phi) is 6.87. The first kappa shape index (κ1) is 16.2. The summed E-state index contributed by atoms with van der Waals surface area (Å²) in [7, 11) is 4.12. The topological polar surface area (TPSA) is 24.5 Å². The molecule has 1 aromatic rings. The molecule has 0 aromatic heterocycles. The molecule has 0 aliphatic heterocycles. The number of nitrogens with one attached hydrogen (secondary N) is 1. The molecule has 3 nitrogen and oxygen atoms in total. The Bertz CT molecular complexity index is 383. The molecule has 1 N–H and O–H groups in total. The first-order chi connectivity index (χ1) is 10.2. The van der Waals surface area contributed by atoms with Crippen LogP contribution in [0.2, 0.25) is 0 Å². The van der Waals surface area contributed by atoms with Gasteiger partial charge in [-0.2, -0.15) is 0 Å². The van der Waals surface area contributed by atoms with Crippen LogP contribution in [0, 0.1) is 5.92 Å². The Hall–Kier alpha value is -1.22. The lowest BCUT2D eigenvalue weighted by atomic mass is 9.87. The van der Waals surface area contributed by atoms with E-state index >= 15 is 0 Å². The molecule has 0 spiro atoms. The molecule has 1 aromatic carbocycles. The standard InChI is InChI=1S/C18H30N2O/c1-20(2)14-15-21-18-10-8-17(9-11-18)19-13-12-16-6-4-3-5-7-16/h8-11,16,19H,3-7,12-15H2,1-2H3. The monoisotopic (exact) mass is 290 g/mol. The predicted molar refractivity (Wildman–Crippen MR) is 90.2 cm³/mol. The highest BCUT2D eigenvalue weighted by Gasteiger charge is 2.12. The highest BCUT2D eigenvalue weighted by Crippen LogP contribution is 2.26. The van der Waals surface area contributed by atoms with Crippen LogP contribution >= 0.6 is 0 Å². The lowest BCUT2D eigenvalue weighted by Gasteiger charge is -2.21. The van der Waals surface area contributed by atoms with Crippen LogP contribution in [-0.2, 0) is 0 Å². The van der Waals surface area contributed by atoms with Gasteiger partial charge >= 0.3 is 0 Å². The zero-order valence-corrected chi connectivity index (χ0v) is 13.6. The summed E-state index contributed by atoms with van der Waals surface area (Å²) in [6.45, 7) is 2.77. The third-order valence-electron chi connectivity index (χ3n) is 4.27. The minimum atomic E-state index is 0.738. The number of likely N-dealkylation sites (N-methyl/N-ethyl adjacent to an activating group) is 1. The number of hydrogen-bond donors (Lipinski definition) is 1. The van der Waals surface area contributed by atoms with Gasteiger partial charge in [-0.15, -0.1) is 0 Å². The summed E-state index contributed by atoms with van der Waals surface area (Å²) < 4.78 is 5.70. The Morgan fingerprint density at radius 1 is 1.10 bits per heavy atom. The van der Waals surface area contributed by atoms with Crippen LogP contribution in [0.5, 0.6) is 5.75 Å². The van der Waals surface area contributed by atoms with Crippen LogP contribution in [0.15, 0.2) is 24.3 Å². The second kappa shape index (κ2) is 8.93. The van der Waals surface area contributed by atoms with Crippen molar-refractivity contribution in [3.63, 3.8) is 0 Å². The van der Waals surface area contributed by atoms with Gasteiger partial charge in [-0.3, -0.25) is 0 Å². The normalized spacial score (nSPS) is 16.1. The second-order valence-electron chi connectivity index (χ2n) is 6.40. The van der Waals surface area contributed by atoms with Crippen LogP contribution < -0.4 is 10.1 Å². The van der Waals surface area contributed by atoms with Crippen molar-refractivity contribution in [3.8, 4) is 5.75 Å². The molecule has 1 fully saturated rings. The fourth-order valence-corrected chi connectivity index (χ4v) is 2.91. The molecular weight excluding hydrogens is 260 g/mol. The molecule has 0 saturated heterocycles. The smallest absolute Gasteiger partial charge is 0.119 e. The summed E-state index contributed by atoms with van der Waals surface area (Å²) in [5, 5.41) is 3.53. The van der Waals surface area contributed by atoms with Crippen LogP contribution in [0.25, 0.3) is 0 Å². The molecule has 1 aliphatic rings. The van der Waals surface area contributed by atoms with Crippen molar-refractivity contribution >= 4 is 5.69 Å². The summed E-state index contributed by atoms with van der Waals surface area (Å²) in [5.74, 6) is 1.90. The van der Waals surface area contributed by atoms with E-state index in [1.807, 2.05) is 0 Å². The minimum absolute atomic E-state index is 0.738. The van der Waals surface area contributed by atoms with Crippen LogP contribution in [0.3, 0.4) is 0 Å². The number of nitrogens with zero attached hydrogens (tertiary/aromatic N) is 1. The van der Waals surface area contributed by atoms with E-state index in [1.165, 1.54) is 44.2 Å². The SMILES string of the molecule is CN(C)CCOc1ccc(NCCC2CCCCC2)cc1. The largest absolute Gasteiger partial charge is 0.492 e. The minimum Gasteiger partial charge on any atom is -0.492 e. The van der Waals surface area contributed by atoms with E-state index in [-0.39, 0.29) is 0 Å². The molecule has 21 heavy (non-hydrogen) atoms. The van der Waals surface area contributed by atoms with Gasteiger partial charge in [-0.05, 0) is 50.7 Å². The maximum Gasteiger partial charge on any atom is 0.119 e. The molecule has 0 bridgehead atoms. The molecule has 0 unspecified atom stereocenters. The highest BCUT2D eigenvalue weighted by atomic mass is 16.5. The molecule has 0 radical (unpaired) electrons. The molecule has 3 heteroatoms. The summed E-state index contributed by atoms with van der Waals surface area (Å²) in [6, 6.07) is 8.34. The van der Waals surface area contributed by atoms with E-state index in [0.717, 1.165) is 31.4 Å². The Labute approximate surface area is 129 Å². The van der Waals surface area contributed by atoms with Gasteiger partial charge in [-0.25, -0.2) is 0 Å². The van der Waals surface area contributed by atoms with Gasteiger partial charge in [0.1, 0.15) is 12.4 Å². The van der Waals surface area contributed by atoms with Crippen LogP contribution in [0.1, 0.15) is 38.5 Å². The van der Waals surface area contributed by atoms with E-state index < -0.39 is 0 Å².